The number of benzene rings is 2. The van der Waals surface area contributed by atoms with Crippen LogP contribution in [-0.4, -0.2) is 9.97 Å². The normalized spacial score (nSPS) is 15.0. The highest BCUT2D eigenvalue weighted by molar-refractivity contribution is 6.03. The van der Waals surface area contributed by atoms with Crippen LogP contribution in [0.5, 0.6) is 0 Å². The van der Waals surface area contributed by atoms with Crippen LogP contribution in [0, 0.1) is 5.41 Å². The van der Waals surface area contributed by atoms with E-state index in [-0.39, 0.29) is 10.8 Å². The molecule has 0 fully saturated rings. The molecule has 2 heterocycles. The van der Waals surface area contributed by atoms with Crippen molar-refractivity contribution in [3.8, 4) is 11.3 Å². The first-order valence-corrected chi connectivity index (χ1v) is 10.1. The van der Waals surface area contributed by atoms with Crippen LogP contribution in [-0.2, 0) is 11.8 Å². The van der Waals surface area contributed by atoms with E-state index in [1.807, 2.05) is 12.4 Å². The number of hydrogen-bond donors (Lipinski definition) is 0. The lowest BCUT2D eigenvalue weighted by Gasteiger charge is -2.34. The summed E-state index contributed by atoms with van der Waals surface area (Å²) in [6.45, 7) is 11.5. The molecule has 0 saturated heterocycles. The molecular weight excluding hydrogens is 340 g/mol. The first-order chi connectivity index (χ1) is 13.3. The Balaban J connectivity index is 1.87. The highest BCUT2D eigenvalue weighted by Crippen LogP contribution is 2.48. The van der Waals surface area contributed by atoms with Crippen LogP contribution in [0.15, 0.2) is 54.9 Å². The van der Waals surface area contributed by atoms with Crippen LogP contribution >= 0.6 is 0 Å². The van der Waals surface area contributed by atoms with Gasteiger partial charge in [0.25, 0.3) is 0 Å². The second-order valence-electron chi connectivity index (χ2n) is 9.82. The van der Waals surface area contributed by atoms with E-state index in [0.717, 1.165) is 17.6 Å². The summed E-state index contributed by atoms with van der Waals surface area (Å²) < 4.78 is 0. The van der Waals surface area contributed by atoms with Crippen molar-refractivity contribution in [2.75, 3.05) is 0 Å². The van der Waals surface area contributed by atoms with Gasteiger partial charge in [0.05, 0.1) is 11.2 Å². The molecule has 0 aliphatic heterocycles. The molecule has 0 saturated carbocycles. The van der Waals surface area contributed by atoms with Gasteiger partial charge < -0.3 is 0 Å². The molecule has 2 aromatic heterocycles. The first kappa shape index (κ1) is 17.4. The monoisotopic (exact) mass is 366 g/mol. The average molecular weight is 367 g/mol. The minimum atomic E-state index is -0.133. The molecule has 0 atom stereocenters. The van der Waals surface area contributed by atoms with E-state index in [4.69, 9.17) is 4.98 Å². The molecule has 0 radical (unpaired) electrons. The zero-order valence-corrected chi connectivity index (χ0v) is 17.3. The number of hydrogen-bond acceptors (Lipinski definition) is 2. The van der Waals surface area contributed by atoms with Gasteiger partial charge in [0, 0.05) is 34.1 Å². The molecule has 28 heavy (non-hydrogen) atoms. The highest BCUT2D eigenvalue weighted by atomic mass is 14.7. The Morgan fingerprint density at radius 1 is 0.929 bits per heavy atom. The molecule has 0 spiro atoms. The quantitative estimate of drug-likeness (QED) is 0.375. The van der Waals surface area contributed by atoms with Gasteiger partial charge in [0.2, 0.25) is 0 Å². The summed E-state index contributed by atoms with van der Waals surface area (Å²) in [6, 6.07) is 15.4. The lowest BCUT2D eigenvalue weighted by atomic mass is 9.70. The van der Waals surface area contributed by atoms with E-state index in [9.17, 15) is 0 Å². The van der Waals surface area contributed by atoms with Crippen LogP contribution in [0.3, 0.4) is 0 Å². The van der Waals surface area contributed by atoms with E-state index >= 15 is 0 Å². The lowest BCUT2D eigenvalue weighted by Crippen LogP contribution is -2.24. The minimum Gasteiger partial charge on any atom is -0.264 e. The van der Waals surface area contributed by atoms with Gasteiger partial charge in [-0.2, -0.15) is 0 Å². The Bertz CT molecular complexity index is 1240. The summed E-state index contributed by atoms with van der Waals surface area (Å²) in [5.41, 5.74) is 7.52. The van der Waals surface area contributed by atoms with Gasteiger partial charge in [-0.3, -0.25) is 4.98 Å². The molecule has 1 aliphatic carbocycles. The molecule has 5 rings (SSSR count). The van der Waals surface area contributed by atoms with Gasteiger partial charge in [-0.15, -0.1) is 0 Å². The maximum absolute atomic E-state index is 5.21. The predicted molar refractivity (Wildman–Crippen MR) is 118 cm³/mol. The van der Waals surface area contributed by atoms with Gasteiger partial charge in [0.15, 0.2) is 0 Å². The maximum Gasteiger partial charge on any atom is 0.0756 e. The topological polar surface area (TPSA) is 25.8 Å². The fourth-order valence-electron chi connectivity index (χ4n) is 4.72. The molecule has 0 amide bonds. The Morgan fingerprint density at radius 3 is 2.50 bits per heavy atom. The van der Waals surface area contributed by atoms with Crippen molar-refractivity contribution in [3.63, 3.8) is 0 Å². The Morgan fingerprint density at radius 2 is 1.71 bits per heavy atom. The van der Waals surface area contributed by atoms with Gasteiger partial charge in [-0.25, -0.2) is 4.98 Å². The second-order valence-corrected chi connectivity index (χ2v) is 9.82. The summed E-state index contributed by atoms with van der Waals surface area (Å²) in [4.78, 5) is 9.74. The van der Waals surface area contributed by atoms with E-state index in [0.29, 0.717) is 0 Å². The van der Waals surface area contributed by atoms with Crippen molar-refractivity contribution in [2.45, 2.75) is 46.5 Å². The number of aromatic nitrogens is 2. The SMILES string of the molecule is CC(C)(C)Cc1cccc2nc3c(cc12)C(C)(C)c1cncc2cccc-3c12. The molecule has 2 nitrogen and oxygen atoms in total. The van der Waals surface area contributed by atoms with E-state index < -0.39 is 0 Å². The number of fused-ring (bicyclic) bond motifs is 3. The predicted octanol–water partition coefficient (Wildman–Crippen LogP) is 6.68. The molecular formula is C26H26N2. The number of nitrogens with zero attached hydrogens (tertiary/aromatic N) is 2. The number of rotatable bonds is 1. The van der Waals surface area contributed by atoms with Crippen molar-refractivity contribution < 1.29 is 0 Å². The largest absolute Gasteiger partial charge is 0.264 e. The van der Waals surface area contributed by atoms with E-state index in [1.54, 1.807) is 0 Å². The van der Waals surface area contributed by atoms with E-state index in [2.05, 4.69) is 82.1 Å². The third-order valence-corrected chi connectivity index (χ3v) is 6.06. The minimum absolute atomic E-state index is 0.133. The van der Waals surface area contributed by atoms with Gasteiger partial charge >= 0.3 is 0 Å². The molecule has 2 heteroatoms. The molecule has 0 N–H and O–H groups in total. The van der Waals surface area contributed by atoms with Crippen molar-refractivity contribution in [1.29, 1.82) is 0 Å². The first-order valence-electron chi connectivity index (χ1n) is 10.1. The Labute approximate surface area is 166 Å². The smallest absolute Gasteiger partial charge is 0.0756 e. The zero-order chi connectivity index (χ0) is 19.7. The molecule has 2 aromatic carbocycles. The van der Waals surface area contributed by atoms with Crippen molar-refractivity contribution in [3.05, 3.63) is 71.5 Å². The maximum atomic E-state index is 5.21. The fourth-order valence-corrected chi connectivity index (χ4v) is 4.72. The summed E-state index contributed by atoms with van der Waals surface area (Å²) >= 11 is 0. The highest BCUT2D eigenvalue weighted by Gasteiger charge is 2.35. The molecule has 140 valence electrons. The molecule has 0 bridgehead atoms. The number of pyridine rings is 2. The van der Waals surface area contributed by atoms with Crippen LogP contribution in [0.4, 0.5) is 0 Å². The van der Waals surface area contributed by atoms with Crippen LogP contribution in [0.2, 0.25) is 0 Å². The molecule has 4 aromatic rings. The van der Waals surface area contributed by atoms with Crippen molar-refractivity contribution in [1.82, 2.24) is 9.97 Å². The summed E-state index contributed by atoms with van der Waals surface area (Å²) in [5.74, 6) is 0. The van der Waals surface area contributed by atoms with Gasteiger partial charge in [-0.05, 0) is 46.0 Å². The third kappa shape index (κ3) is 2.47. The zero-order valence-electron chi connectivity index (χ0n) is 17.3. The Kier molecular flexibility index (Phi) is 3.49. The summed E-state index contributed by atoms with van der Waals surface area (Å²) in [5, 5.41) is 3.77. The van der Waals surface area contributed by atoms with Crippen LogP contribution < -0.4 is 0 Å². The average Bonchev–Trinajstić information content (AvgIpc) is 2.64. The van der Waals surface area contributed by atoms with Crippen LogP contribution in [0.1, 0.15) is 51.3 Å². The fraction of sp³-hybridized carbons (Fsp3) is 0.308. The molecule has 1 aliphatic rings. The van der Waals surface area contributed by atoms with Crippen molar-refractivity contribution >= 4 is 21.7 Å². The third-order valence-electron chi connectivity index (χ3n) is 6.06. The van der Waals surface area contributed by atoms with E-state index in [1.165, 1.54) is 38.4 Å². The van der Waals surface area contributed by atoms with Crippen molar-refractivity contribution in [2.24, 2.45) is 5.41 Å². The standard InChI is InChI=1S/C26H26N2/c1-25(2,3)13-16-8-7-11-22-19(16)12-20-24(28-22)18-10-6-9-17-14-27-15-21(23(17)18)26(20,4)5/h6-12,14-15H,13H2,1-5H3. The second kappa shape index (κ2) is 5.64. The Hall–Kier alpha value is -2.74. The van der Waals surface area contributed by atoms with Gasteiger partial charge in [0.1, 0.15) is 0 Å². The van der Waals surface area contributed by atoms with Crippen LogP contribution in [0.25, 0.3) is 32.9 Å². The van der Waals surface area contributed by atoms with Gasteiger partial charge in [-0.1, -0.05) is 65.0 Å². The summed E-state index contributed by atoms with van der Waals surface area (Å²) in [7, 11) is 0. The summed E-state index contributed by atoms with van der Waals surface area (Å²) in [6.07, 6.45) is 5.05. The lowest BCUT2D eigenvalue weighted by molar-refractivity contribution is 0.412. The molecule has 0 unspecified atom stereocenters.